The molecule has 0 fully saturated rings. The summed E-state index contributed by atoms with van der Waals surface area (Å²) in [6.45, 7) is -0.00700. The van der Waals surface area contributed by atoms with Gasteiger partial charge in [0.25, 0.3) is 0 Å². The molecule has 148 valence electrons. The first-order valence-electron chi connectivity index (χ1n) is 9.05. The number of nitrogens with one attached hydrogen (secondary N) is 2. The summed E-state index contributed by atoms with van der Waals surface area (Å²) in [6.07, 6.45) is 3.63. The Labute approximate surface area is 168 Å². The molecule has 1 aliphatic carbocycles. The maximum absolute atomic E-state index is 12.2. The van der Waals surface area contributed by atoms with Crippen molar-refractivity contribution in [3.05, 3.63) is 59.7 Å². The third-order valence-electron chi connectivity index (χ3n) is 4.70. The number of amides is 2. The van der Waals surface area contributed by atoms with E-state index >= 15 is 0 Å². The van der Waals surface area contributed by atoms with Crippen LogP contribution in [0.5, 0.6) is 0 Å². The number of carbonyl (C=O) groups is 3. The maximum atomic E-state index is 12.2. The molecule has 1 aliphatic rings. The van der Waals surface area contributed by atoms with Crippen LogP contribution in [0.25, 0.3) is 11.1 Å². The fraction of sp³-hybridized carbons (Fsp3) is 0.227. The Balaban J connectivity index is 1.67. The second-order valence-corrected chi connectivity index (χ2v) is 6.54. The van der Waals surface area contributed by atoms with Crippen molar-refractivity contribution in [2.75, 3.05) is 13.2 Å². The van der Waals surface area contributed by atoms with Crippen molar-refractivity contribution in [1.82, 2.24) is 10.6 Å². The minimum absolute atomic E-state index is 0.0611. The summed E-state index contributed by atoms with van der Waals surface area (Å²) in [6, 6.07) is 14.5. The molecule has 0 saturated heterocycles. The monoisotopic (exact) mass is 392 g/mol. The zero-order valence-electron chi connectivity index (χ0n) is 15.6. The van der Waals surface area contributed by atoms with Gasteiger partial charge in [-0.2, -0.15) is 0 Å². The summed E-state index contributed by atoms with van der Waals surface area (Å²) < 4.78 is 5.34. The van der Waals surface area contributed by atoms with Gasteiger partial charge in [-0.3, -0.25) is 9.59 Å². The van der Waals surface area contributed by atoms with Crippen LogP contribution in [0, 0.1) is 12.3 Å². The summed E-state index contributed by atoms with van der Waals surface area (Å²) in [5.41, 5.74) is 4.29. The number of alkyl carbamates (subject to hydrolysis) is 1. The minimum atomic E-state index is -1.28. The summed E-state index contributed by atoms with van der Waals surface area (Å²) in [7, 11) is 0. The number of hydrogen-bond acceptors (Lipinski definition) is 4. The molecule has 7 nitrogen and oxygen atoms in total. The van der Waals surface area contributed by atoms with Crippen LogP contribution >= 0.6 is 0 Å². The van der Waals surface area contributed by atoms with E-state index in [0.717, 1.165) is 22.3 Å². The molecular formula is C22H20N2O5. The van der Waals surface area contributed by atoms with E-state index in [4.69, 9.17) is 16.3 Å². The van der Waals surface area contributed by atoms with Crippen molar-refractivity contribution in [2.24, 2.45) is 0 Å². The second-order valence-electron chi connectivity index (χ2n) is 6.54. The number of carbonyl (C=O) groups excluding carboxylic acids is 2. The van der Waals surface area contributed by atoms with E-state index in [1.165, 1.54) is 0 Å². The SMILES string of the molecule is C#CCNC(=O)C(CC(=O)O)NC(=O)OCC1c2ccccc2-c2ccccc21. The largest absolute Gasteiger partial charge is 0.481 e. The lowest BCUT2D eigenvalue weighted by Gasteiger charge is -2.18. The number of carboxylic acid groups (broad SMARTS) is 1. The highest BCUT2D eigenvalue weighted by molar-refractivity contribution is 5.89. The van der Waals surface area contributed by atoms with E-state index in [2.05, 4.69) is 16.6 Å². The fourth-order valence-electron chi connectivity index (χ4n) is 3.43. The third kappa shape index (κ3) is 4.55. The van der Waals surface area contributed by atoms with E-state index < -0.39 is 30.4 Å². The average Bonchev–Trinajstić information content (AvgIpc) is 3.03. The maximum Gasteiger partial charge on any atom is 0.407 e. The Bertz CT molecular complexity index is 934. The number of carboxylic acids is 1. The normalized spacial score (nSPS) is 12.8. The number of ether oxygens (including phenoxy) is 1. The smallest absolute Gasteiger partial charge is 0.407 e. The number of fused-ring (bicyclic) bond motifs is 3. The molecule has 3 rings (SSSR count). The van der Waals surface area contributed by atoms with Crippen LogP contribution in [0.4, 0.5) is 4.79 Å². The standard InChI is InChI=1S/C22H20N2O5/c1-2-11-23-21(27)19(12-20(25)26)24-22(28)29-13-18-16-9-5-3-7-14(16)15-8-4-6-10-17(15)18/h1,3-10,18-19H,11-13H2,(H,23,27)(H,24,28)(H,25,26). The van der Waals surface area contributed by atoms with Crippen molar-refractivity contribution < 1.29 is 24.2 Å². The van der Waals surface area contributed by atoms with Crippen molar-refractivity contribution >= 4 is 18.0 Å². The first-order chi connectivity index (χ1) is 14.0. The number of aliphatic carboxylic acids is 1. The van der Waals surface area contributed by atoms with Gasteiger partial charge in [-0.05, 0) is 22.3 Å². The molecule has 0 radical (unpaired) electrons. The number of hydrogen-bond donors (Lipinski definition) is 3. The number of rotatable bonds is 7. The van der Waals surface area contributed by atoms with Crippen molar-refractivity contribution in [2.45, 2.75) is 18.4 Å². The molecule has 2 aromatic rings. The van der Waals surface area contributed by atoms with Crippen LogP contribution < -0.4 is 10.6 Å². The summed E-state index contributed by atoms with van der Waals surface area (Å²) in [5, 5.41) is 13.6. The van der Waals surface area contributed by atoms with Crippen LogP contribution in [0.2, 0.25) is 0 Å². The Hall–Kier alpha value is -3.79. The predicted octanol–water partition coefficient (Wildman–Crippen LogP) is 2.12. The molecule has 0 heterocycles. The van der Waals surface area contributed by atoms with Gasteiger partial charge in [0.1, 0.15) is 12.6 Å². The lowest BCUT2D eigenvalue weighted by Crippen LogP contribution is -2.48. The topological polar surface area (TPSA) is 105 Å². The first-order valence-corrected chi connectivity index (χ1v) is 9.05. The number of benzene rings is 2. The molecule has 0 bridgehead atoms. The highest BCUT2D eigenvalue weighted by Gasteiger charge is 2.30. The van der Waals surface area contributed by atoms with Crippen LogP contribution in [0.1, 0.15) is 23.5 Å². The zero-order valence-corrected chi connectivity index (χ0v) is 15.6. The van der Waals surface area contributed by atoms with Gasteiger partial charge in [0.15, 0.2) is 0 Å². The van der Waals surface area contributed by atoms with Crippen molar-refractivity contribution in [1.29, 1.82) is 0 Å². The third-order valence-corrected chi connectivity index (χ3v) is 4.70. The average molecular weight is 392 g/mol. The molecule has 0 spiro atoms. The number of terminal acetylenes is 1. The molecule has 0 saturated carbocycles. The van der Waals surface area contributed by atoms with E-state index in [1.807, 2.05) is 48.5 Å². The Morgan fingerprint density at radius 2 is 1.66 bits per heavy atom. The molecule has 3 N–H and O–H groups in total. The quantitative estimate of drug-likeness (QED) is 0.626. The molecule has 1 unspecified atom stereocenters. The molecule has 0 aliphatic heterocycles. The van der Waals surface area contributed by atoms with Gasteiger partial charge in [-0.1, -0.05) is 54.5 Å². The van der Waals surface area contributed by atoms with Crippen LogP contribution in [-0.2, 0) is 14.3 Å². The van der Waals surface area contributed by atoms with E-state index in [0.29, 0.717) is 0 Å². The zero-order chi connectivity index (χ0) is 20.8. The molecule has 0 aromatic heterocycles. The van der Waals surface area contributed by atoms with E-state index in [9.17, 15) is 14.4 Å². The molecule has 2 amide bonds. The minimum Gasteiger partial charge on any atom is -0.481 e. The lowest BCUT2D eigenvalue weighted by atomic mass is 9.98. The van der Waals surface area contributed by atoms with Gasteiger partial charge in [0.05, 0.1) is 13.0 Å². The molecule has 2 aromatic carbocycles. The van der Waals surface area contributed by atoms with Crippen LogP contribution in [-0.4, -0.2) is 42.3 Å². The van der Waals surface area contributed by atoms with Gasteiger partial charge in [-0.25, -0.2) is 4.79 Å². The fourth-order valence-corrected chi connectivity index (χ4v) is 3.43. The summed E-state index contributed by atoms with van der Waals surface area (Å²) >= 11 is 0. The second kappa shape index (κ2) is 8.93. The van der Waals surface area contributed by atoms with Gasteiger partial charge in [0, 0.05) is 5.92 Å². The van der Waals surface area contributed by atoms with E-state index in [-0.39, 0.29) is 19.1 Å². The highest BCUT2D eigenvalue weighted by Crippen LogP contribution is 2.44. The van der Waals surface area contributed by atoms with Gasteiger partial charge >= 0.3 is 12.1 Å². The molecule has 29 heavy (non-hydrogen) atoms. The van der Waals surface area contributed by atoms with Crippen LogP contribution in [0.15, 0.2) is 48.5 Å². The van der Waals surface area contributed by atoms with E-state index in [1.54, 1.807) is 0 Å². The molecular weight excluding hydrogens is 372 g/mol. The van der Waals surface area contributed by atoms with Gasteiger partial charge in [0.2, 0.25) is 5.91 Å². The molecule has 1 atom stereocenters. The van der Waals surface area contributed by atoms with Gasteiger partial charge in [-0.15, -0.1) is 6.42 Å². The van der Waals surface area contributed by atoms with Gasteiger partial charge < -0.3 is 20.5 Å². The first kappa shape index (κ1) is 20.0. The Morgan fingerprint density at radius 3 is 2.21 bits per heavy atom. The highest BCUT2D eigenvalue weighted by atomic mass is 16.5. The predicted molar refractivity (Wildman–Crippen MR) is 106 cm³/mol. The van der Waals surface area contributed by atoms with Crippen molar-refractivity contribution in [3.63, 3.8) is 0 Å². The Kier molecular flexibility index (Phi) is 6.15. The lowest BCUT2D eigenvalue weighted by molar-refractivity contribution is -0.139. The van der Waals surface area contributed by atoms with Crippen LogP contribution in [0.3, 0.4) is 0 Å². The summed E-state index contributed by atoms with van der Waals surface area (Å²) in [4.78, 5) is 35.3. The Morgan fingerprint density at radius 1 is 1.07 bits per heavy atom. The molecule has 7 heteroatoms. The summed E-state index contributed by atoms with van der Waals surface area (Å²) in [5.74, 6) is 0.167. The van der Waals surface area contributed by atoms with Crippen molar-refractivity contribution in [3.8, 4) is 23.5 Å².